The second kappa shape index (κ2) is 6.56. The number of amides is 2. The minimum absolute atomic E-state index is 0.208. The molecule has 0 aliphatic carbocycles. The molecule has 0 saturated carbocycles. The first-order chi connectivity index (χ1) is 11.5. The number of carbonyl (C=O) groups excluding carboxylic acids is 2. The molecular weight excluding hydrogens is 332 g/mol. The van der Waals surface area contributed by atoms with Crippen LogP contribution in [0.2, 0.25) is 0 Å². The molecule has 1 unspecified atom stereocenters. The van der Waals surface area contributed by atoms with Gasteiger partial charge >= 0.3 is 5.97 Å². The maximum absolute atomic E-state index is 12.2. The van der Waals surface area contributed by atoms with E-state index in [0.717, 1.165) is 0 Å². The molecule has 8 heteroatoms. The molecule has 7 nitrogen and oxygen atoms in total. The number of ether oxygens (including phenoxy) is 1. The lowest BCUT2D eigenvalue weighted by atomic mass is 9.98. The molecule has 1 aromatic rings. The van der Waals surface area contributed by atoms with E-state index in [1.807, 2.05) is 6.07 Å². The van der Waals surface area contributed by atoms with E-state index in [1.165, 1.54) is 16.7 Å². The summed E-state index contributed by atoms with van der Waals surface area (Å²) in [5.74, 6) is -0.931. The smallest absolute Gasteiger partial charge is 0.330 e. The molecule has 2 aliphatic rings. The van der Waals surface area contributed by atoms with E-state index in [-0.39, 0.29) is 12.0 Å². The number of β-lactam (4-membered cyclic amide) rings is 1. The van der Waals surface area contributed by atoms with Gasteiger partial charge in [-0.1, -0.05) is 24.8 Å². The molecule has 0 radical (unpaired) electrons. The molecule has 2 heterocycles. The first-order valence-electron chi connectivity index (χ1n) is 7.30. The largest absolute Gasteiger partial charge is 0.484 e. The van der Waals surface area contributed by atoms with Crippen LogP contribution in [0.4, 0.5) is 0 Å². The van der Waals surface area contributed by atoms with Crippen molar-refractivity contribution in [2.24, 2.45) is 0 Å². The van der Waals surface area contributed by atoms with Crippen molar-refractivity contribution >= 4 is 29.5 Å². The highest BCUT2D eigenvalue weighted by Crippen LogP contribution is 2.39. The van der Waals surface area contributed by atoms with Crippen LogP contribution in [-0.2, 0) is 14.4 Å². The molecule has 1 aromatic carbocycles. The summed E-state index contributed by atoms with van der Waals surface area (Å²) in [6.07, 6.45) is 0. The molecule has 126 valence electrons. The molecule has 24 heavy (non-hydrogen) atoms. The molecule has 0 bridgehead atoms. The molecule has 2 saturated heterocycles. The second-order valence-corrected chi connectivity index (χ2v) is 6.60. The SMILES string of the molecule is C=C1CS[C@H]2[C@H](NC(=O)COc3ccccc3)C(=O)N2C1C(=O)O. The number of nitrogens with zero attached hydrogens (tertiary/aromatic N) is 1. The zero-order valence-electron chi connectivity index (χ0n) is 12.7. The first kappa shape index (κ1) is 16.4. The van der Waals surface area contributed by atoms with Gasteiger partial charge in [0.05, 0.1) is 0 Å². The van der Waals surface area contributed by atoms with Gasteiger partial charge in [0.1, 0.15) is 17.2 Å². The summed E-state index contributed by atoms with van der Waals surface area (Å²) < 4.78 is 5.33. The molecule has 2 fully saturated rings. The van der Waals surface area contributed by atoms with Crippen LogP contribution in [-0.4, -0.2) is 57.6 Å². The minimum Gasteiger partial charge on any atom is -0.484 e. The summed E-state index contributed by atoms with van der Waals surface area (Å²) in [5.41, 5.74) is 0.481. The Balaban J connectivity index is 1.57. The third-order valence-corrected chi connectivity index (χ3v) is 5.23. The monoisotopic (exact) mass is 348 g/mol. The van der Waals surface area contributed by atoms with Crippen LogP contribution in [0.25, 0.3) is 0 Å². The van der Waals surface area contributed by atoms with Crippen molar-refractivity contribution in [1.29, 1.82) is 0 Å². The molecular formula is C16H16N2O5S. The molecule has 3 rings (SSSR count). The lowest BCUT2D eigenvalue weighted by molar-refractivity contribution is -0.160. The van der Waals surface area contributed by atoms with E-state index in [1.54, 1.807) is 24.3 Å². The minimum atomic E-state index is -1.10. The number of carboxylic acids is 1. The molecule has 3 atom stereocenters. The van der Waals surface area contributed by atoms with E-state index in [9.17, 15) is 19.5 Å². The Labute approximate surface area is 142 Å². The highest BCUT2D eigenvalue weighted by Gasteiger charge is 2.56. The number of hydrogen-bond acceptors (Lipinski definition) is 5. The van der Waals surface area contributed by atoms with E-state index in [0.29, 0.717) is 17.1 Å². The Hall–Kier alpha value is -2.48. The maximum Gasteiger partial charge on any atom is 0.330 e. The van der Waals surface area contributed by atoms with Gasteiger partial charge in [-0.3, -0.25) is 9.59 Å². The van der Waals surface area contributed by atoms with Crippen molar-refractivity contribution in [3.05, 3.63) is 42.5 Å². The average molecular weight is 348 g/mol. The topological polar surface area (TPSA) is 95.9 Å². The number of para-hydroxylation sites is 1. The van der Waals surface area contributed by atoms with Crippen molar-refractivity contribution < 1.29 is 24.2 Å². The first-order valence-corrected chi connectivity index (χ1v) is 8.35. The predicted octanol–water partition coefficient (Wildman–Crippen LogP) is 0.475. The normalized spacial score (nSPS) is 25.5. The van der Waals surface area contributed by atoms with Crippen LogP contribution in [0.3, 0.4) is 0 Å². The third kappa shape index (κ3) is 2.96. The Morgan fingerprint density at radius 2 is 2.08 bits per heavy atom. The number of hydrogen-bond donors (Lipinski definition) is 2. The third-order valence-electron chi connectivity index (χ3n) is 3.85. The van der Waals surface area contributed by atoms with Gasteiger partial charge in [-0.25, -0.2) is 4.79 Å². The summed E-state index contributed by atoms with van der Waals surface area (Å²) >= 11 is 1.40. The van der Waals surface area contributed by atoms with Gasteiger partial charge in [0.2, 0.25) is 5.91 Å². The van der Waals surface area contributed by atoms with Crippen LogP contribution < -0.4 is 10.1 Å². The predicted molar refractivity (Wildman–Crippen MR) is 87.5 cm³/mol. The molecule has 2 N–H and O–H groups in total. The Bertz CT molecular complexity index is 693. The van der Waals surface area contributed by atoms with Gasteiger partial charge in [-0.15, -0.1) is 11.8 Å². The van der Waals surface area contributed by atoms with Crippen LogP contribution in [0, 0.1) is 0 Å². The van der Waals surface area contributed by atoms with Crippen molar-refractivity contribution in [1.82, 2.24) is 10.2 Å². The number of aliphatic carboxylic acids is 1. The molecule has 2 amide bonds. The quantitative estimate of drug-likeness (QED) is 0.593. The van der Waals surface area contributed by atoms with Gasteiger partial charge < -0.3 is 20.1 Å². The van der Waals surface area contributed by atoms with Gasteiger partial charge in [-0.2, -0.15) is 0 Å². The van der Waals surface area contributed by atoms with Crippen molar-refractivity contribution in [2.75, 3.05) is 12.4 Å². The van der Waals surface area contributed by atoms with Crippen molar-refractivity contribution in [3.8, 4) is 5.75 Å². The summed E-state index contributed by atoms with van der Waals surface area (Å²) in [6.45, 7) is 3.51. The van der Waals surface area contributed by atoms with Crippen LogP contribution >= 0.6 is 11.8 Å². The number of carboxylic acid groups (broad SMARTS) is 1. The number of fused-ring (bicyclic) bond motifs is 1. The maximum atomic E-state index is 12.2. The Morgan fingerprint density at radius 1 is 1.38 bits per heavy atom. The Morgan fingerprint density at radius 3 is 2.75 bits per heavy atom. The highest BCUT2D eigenvalue weighted by molar-refractivity contribution is 8.00. The zero-order valence-corrected chi connectivity index (χ0v) is 13.5. The van der Waals surface area contributed by atoms with Crippen LogP contribution in [0.15, 0.2) is 42.5 Å². The zero-order chi connectivity index (χ0) is 17.3. The summed E-state index contributed by atoms with van der Waals surface area (Å²) in [5, 5.41) is 11.5. The summed E-state index contributed by atoms with van der Waals surface area (Å²) in [7, 11) is 0. The lowest BCUT2D eigenvalue weighted by Gasteiger charge is -2.52. The molecule has 2 aliphatic heterocycles. The number of carbonyl (C=O) groups is 3. The Kier molecular flexibility index (Phi) is 4.48. The van der Waals surface area contributed by atoms with Gasteiger partial charge in [0.15, 0.2) is 12.6 Å². The highest BCUT2D eigenvalue weighted by atomic mass is 32.2. The number of nitrogens with one attached hydrogen (secondary N) is 1. The number of thioether (sulfide) groups is 1. The number of benzene rings is 1. The van der Waals surface area contributed by atoms with E-state index in [4.69, 9.17) is 4.74 Å². The van der Waals surface area contributed by atoms with E-state index in [2.05, 4.69) is 11.9 Å². The second-order valence-electron chi connectivity index (χ2n) is 5.49. The standard InChI is InChI=1S/C16H16N2O5S/c1-9-8-24-15-12(14(20)18(15)13(9)16(21)22)17-11(19)7-23-10-5-3-2-4-6-10/h2-6,12-13,15H,1,7-8H2,(H,17,19)(H,21,22)/t12-,13?,15+/m1/s1. The van der Waals surface area contributed by atoms with E-state index < -0.39 is 29.9 Å². The van der Waals surface area contributed by atoms with Crippen LogP contribution in [0.1, 0.15) is 0 Å². The number of rotatable bonds is 5. The van der Waals surface area contributed by atoms with Crippen LogP contribution in [0.5, 0.6) is 5.75 Å². The average Bonchev–Trinajstić information content (AvgIpc) is 2.58. The van der Waals surface area contributed by atoms with Crippen molar-refractivity contribution in [2.45, 2.75) is 17.5 Å². The van der Waals surface area contributed by atoms with E-state index >= 15 is 0 Å². The fourth-order valence-electron chi connectivity index (χ4n) is 2.71. The van der Waals surface area contributed by atoms with Gasteiger partial charge in [0.25, 0.3) is 5.91 Å². The summed E-state index contributed by atoms with van der Waals surface area (Å²) in [4.78, 5) is 36.8. The fraction of sp³-hybridized carbons (Fsp3) is 0.312. The van der Waals surface area contributed by atoms with Crippen molar-refractivity contribution in [3.63, 3.8) is 0 Å². The van der Waals surface area contributed by atoms with Gasteiger partial charge in [0, 0.05) is 5.75 Å². The fourth-order valence-corrected chi connectivity index (χ4v) is 4.02. The lowest BCUT2D eigenvalue weighted by Crippen LogP contribution is -2.74. The molecule has 0 aromatic heterocycles. The summed E-state index contributed by atoms with van der Waals surface area (Å²) in [6, 6.07) is 7.12. The van der Waals surface area contributed by atoms with Gasteiger partial charge in [-0.05, 0) is 17.7 Å². The molecule has 0 spiro atoms.